The van der Waals surface area contributed by atoms with E-state index in [4.69, 9.17) is 36.8 Å². The van der Waals surface area contributed by atoms with E-state index in [1.165, 1.54) is 5.56 Å². The van der Waals surface area contributed by atoms with Crippen molar-refractivity contribution in [3.8, 4) is 17.4 Å². The van der Waals surface area contributed by atoms with Crippen LogP contribution in [-0.4, -0.2) is 47.3 Å². The summed E-state index contributed by atoms with van der Waals surface area (Å²) in [6.45, 7) is 4.43. The number of hydrogen-bond donors (Lipinski definition) is 1. The first-order valence-electron chi connectivity index (χ1n) is 11.4. The Morgan fingerprint density at radius 3 is 2.56 bits per heavy atom. The molecule has 1 aliphatic rings. The third-order valence-electron chi connectivity index (χ3n) is 6.26. The van der Waals surface area contributed by atoms with Crippen molar-refractivity contribution < 1.29 is 18.7 Å². The van der Waals surface area contributed by atoms with Gasteiger partial charge in [-0.1, -0.05) is 35.3 Å². The fraction of sp³-hybridized carbons (Fsp3) is 0.346. The Bertz CT molecular complexity index is 1280. The van der Waals surface area contributed by atoms with Crippen molar-refractivity contribution in [1.82, 2.24) is 9.88 Å². The molecule has 1 atom stereocenters. The summed E-state index contributed by atoms with van der Waals surface area (Å²) in [5, 5.41) is 12.6. The molecule has 5 rings (SSSR count). The van der Waals surface area contributed by atoms with Gasteiger partial charge in [0.15, 0.2) is 5.76 Å². The molecule has 194 valence electrons. The first-order valence-corrected chi connectivity index (χ1v) is 12.2. The number of benzene rings is 2. The smallest absolute Gasteiger partial charge is 0.263 e. The lowest BCUT2D eigenvalue weighted by atomic mass is 9.89. The second kappa shape index (κ2) is 12.5. The molecule has 1 aliphatic heterocycles. The van der Waals surface area contributed by atoms with E-state index in [0.29, 0.717) is 45.5 Å². The minimum Gasteiger partial charge on any atom is -0.490 e. The van der Waals surface area contributed by atoms with E-state index >= 15 is 0 Å². The van der Waals surface area contributed by atoms with Gasteiger partial charge in [0.05, 0.1) is 21.6 Å². The molecule has 0 aliphatic carbocycles. The lowest BCUT2D eigenvalue weighted by Gasteiger charge is -2.33. The van der Waals surface area contributed by atoms with Crippen molar-refractivity contribution in [2.75, 3.05) is 26.2 Å². The van der Waals surface area contributed by atoms with Crippen LogP contribution in [0, 0.1) is 6.92 Å². The second-order valence-corrected chi connectivity index (χ2v) is 9.58. The van der Waals surface area contributed by atoms with E-state index in [-0.39, 0.29) is 31.4 Å². The predicted octanol–water partition coefficient (Wildman–Crippen LogP) is 7.17. The van der Waals surface area contributed by atoms with Crippen LogP contribution in [-0.2, 0) is 0 Å². The van der Waals surface area contributed by atoms with E-state index in [0.717, 1.165) is 37.1 Å². The molecule has 0 amide bonds. The van der Waals surface area contributed by atoms with Crippen LogP contribution in [0.5, 0.6) is 5.75 Å². The van der Waals surface area contributed by atoms with E-state index in [2.05, 4.69) is 16.0 Å². The number of aliphatic hydroxyl groups is 1. The van der Waals surface area contributed by atoms with Crippen LogP contribution < -0.4 is 4.74 Å². The van der Waals surface area contributed by atoms with Crippen molar-refractivity contribution in [3.05, 3.63) is 70.0 Å². The fourth-order valence-corrected chi connectivity index (χ4v) is 4.79. The Kier molecular flexibility index (Phi) is 9.98. The van der Waals surface area contributed by atoms with E-state index in [1.807, 2.05) is 43.3 Å². The fourth-order valence-electron chi connectivity index (χ4n) is 4.49. The molecule has 0 bridgehead atoms. The van der Waals surface area contributed by atoms with E-state index in [9.17, 15) is 5.11 Å². The summed E-state index contributed by atoms with van der Waals surface area (Å²) < 4.78 is 17.4. The number of nitrogens with zero attached hydrogens (tertiary/aromatic N) is 2. The molecule has 0 spiro atoms. The number of likely N-dealkylation sites (tertiary alicyclic amines) is 1. The largest absolute Gasteiger partial charge is 0.490 e. The lowest BCUT2D eigenvalue weighted by molar-refractivity contribution is 0.0599. The van der Waals surface area contributed by atoms with Crippen molar-refractivity contribution >= 4 is 59.0 Å². The highest BCUT2D eigenvalue weighted by Crippen LogP contribution is 2.34. The zero-order valence-corrected chi connectivity index (χ0v) is 22.8. The number of rotatable bonds is 7. The summed E-state index contributed by atoms with van der Waals surface area (Å²) in [6, 6.07) is 13.4. The normalized spacial score (nSPS) is 15.3. The van der Waals surface area contributed by atoms with E-state index < -0.39 is 6.10 Å². The van der Waals surface area contributed by atoms with Gasteiger partial charge in [0.25, 0.3) is 5.89 Å². The molecule has 10 heteroatoms. The average molecular weight is 574 g/mol. The summed E-state index contributed by atoms with van der Waals surface area (Å²) in [4.78, 5) is 6.50. The molecular formula is C26H28Cl4N2O4. The first-order chi connectivity index (χ1) is 16.5. The van der Waals surface area contributed by atoms with Gasteiger partial charge in [-0.05, 0) is 68.6 Å². The predicted molar refractivity (Wildman–Crippen MR) is 147 cm³/mol. The van der Waals surface area contributed by atoms with Gasteiger partial charge in [-0.2, -0.15) is 0 Å². The van der Waals surface area contributed by atoms with Crippen molar-refractivity contribution in [1.29, 1.82) is 0 Å². The maximum atomic E-state index is 10.6. The third kappa shape index (κ3) is 6.49. The summed E-state index contributed by atoms with van der Waals surface area (Å²) in [7, 11) is 0. The van der Waals surface area contributed by atoms with Gasteiger partial charge < -0.3 is 23.6 Å². The number of ether oxygens (including phenoxy) is 1. The maximum Gasteiger partial charge on any atom is 0.263 e. The molecule has 4 aromatic rings. The molecule has 1 N–H and O–H groups in total. The number of piperidine rings is 1. The minimum absolute atomic E-state index is 0. The third-order valence-corrected chi connectivity index (χ3v) is 7.00. The van der Waals surface area contributed by atoms with Crippen LogP contribution in [0.4, 0.5) is 0 Å². The summed E-state index contributed by atoms with van der Waals surface area (Å²) in [5.41, 5.74) is 1.91. The van der Waals surface area contributed by atoms with Gasteiger partial charge in [-0.15, -0.1) is 24.8 Å². The Labute approximate surface area is 232 Å². The second-order valence-electron chi connectivity index (χ2n) is 8.77. The number of aromatic nitrogens is 1. The number of halogens is 4. The standard InChI is InChI=1S/C26H26Cl2N2O4.2ClH/c1-16-13-29-26(33-16)25-12-20-23(3-2-4-24(20)34-25)32-15-19(31)14-30-9-7-17(8-10-30)18-5-6-21(27)22(28)11-18;;/h2-6,11-13,17,19,31H,7-10,14-15H2,1H3;2*1H/t19-;;/m0../s1. The van der Waals surface area contributed by atoms with Crippen molar-refractivity contribution in [2.45, 2.75) is 31.8 Å². The number of hydrogen-bond acceptors (Lipinski definition) is 6. The minimum atomic E-state index is -0.599. The van der Waals surface area contributed by atoms with Crippen LogP contribution in [0.3, 0.4) is 0 Å². The summed E-state index contributed by atoms with van der Waals surface area (Å²) >= 11 is 12.2. The number of aryl methyl sites for hydroxylation is 1. The Hall–Kier alpha value is -1.93. The summed E-state index contributed by atoms with van der Waals surface area (Å²) in [5.74, 6) is 2.82. The number of fused-ring (bicyclic) bond motifs is 1. The molecule has 6 nitrogen and oxygen atoms in total. The molecule has 2 aromatic heterocycles. The van der Waals surface area contributed by atoms with Crippen LogP contribution in [0.1, 0.15) is 30.1 Å². The van der Waals surface area contributed by atoms with Gasteiger partial charge in [0, 0.05) is 12.6 Å². The highest BCUT2D eigenvalue weighted by molar-refractivity contribution is 6.42. The quantitative estimate of drug-likeness (QED) is 0.253. The average Bonchev–Trinajstić information content (AvgIpc) is 3.46. The lowest BCUT2D eigenvalue weighted by Crippen LogP contribution is -2.40. The first kappa shape index (κ1) is 28.6. The molecule has 3 heterocycles. The molecule has 1 fully saturated rings. The Morgan fingerprint density at radius 2 is 1.86 bits per heavy atom. The van der Waals surface area contributed by atoms with Crippen molar-refractivity contribution in [3.63, 3.8) is 0 Å². The Balaban J connectivity index is 0.00000180. The Morgan fingerprint density at radius 1 is 1.08 bits per heavy atom. The number of β-amino-alcohol motifs (C(OH)–C–C–N with tert-alkyl or cyclic N) is 1. The topological polar surface area (TPSA) is 71.9 Å². The zero-order chi connectivity index (χ0) is 23.7. The van der Waals surface area contributed by atoms with Crippen molar-refractivity contribution in [2.24, 2.45) is 0 Å². The SMILES string of the molecule is Cc1cnc(-c2cc3c(OC[C@@H](O)CN4CCC(c5ccc(Cl)c(Cl)c5)CC4)cccc3o2)o1.Cl.Cl. The molecule has 1 saturated heterocycles. The molecule has 2 aromatic carbocycles. The molecule has 36 heavy (non-hydrogen) atoms. The maximum absolute atomic E-state index is 10.6. The van der Waals surface area contributed by atoms with E-state index in [1.54, 1.807) is 6.20 Å². The zero-order valence-electron chi connectivity index (χ0n) is 19.7. The molecule has 0 radical (unpaired) electrons. The van der Waals surface area contributed by atoms with Crippen LogP contribution in [0.15, 0.2) is 57.5 Å². The number of furan rings is 1. The highest BCUT2D eigenvalue weighted by atomic mass is 35.5. The van der Waals surface area contributed by atoms with Crippen LogP contribution in [0.25, 0.3) is 22.6 Å². The molecular weight excluding hydrogens is 546 g/mol. The van der Waals surface area contributed by atoms with Crippen LogP contribution >= 0.6 is 48.0 Å². The van der Waals surface area contributed by atoms with Gasteiger partial charge >= 0.3 is 0 Å². The van der Waals surface area contributed by atoms with Gasteiger partial charge in [0.2, 0.25) is 0 Å². The highest BCUT2D eigenvalue weighted by Gasteiger charge is 2.23. The van der Waals surface area contributed by atoms with Gasteiger partial charge in [-0.25, -0.2) is 4.98 Å². The number of oxazole rings is 1. The van der Waals surface area contributed by atoms with Gasteiger partial charge in [0.1, 0.15) is 29.8 Å². The number of aliphatic hydroxyl groups excluding tert-OH is 1. The molecule has 0 unspecified atom stereocenters. The van der Waals surface area contributed by atoms with Gasteiger partial charge in [-0.3, -0.25) is 0 Å². The monoisotopic (exact) mass is 572 g/mol. The summed E-state index contributed by atoms with van der Waals surface area (Å²) in [6.07, 6.45) is 3.09. The van der Waals surface area contributed by atoms with Crippen LogP contribution in [0.2, 0.25) is 10.0 Å². The molecule has 0 saturated carbocycles.